The SMILES string of the molecule is CC1=CC2=CCSC2=C(C)N1C. The average Bonchev–Trinajstić information content (AvgIpc) is 2.48. The molecule has 0 saturated heterocycles. The molecular weight excluding hydrogens is 166 g/mol. The van der Waals surface area contributed by atoms with E-state index in [9.17, 15) is 0 Å². The molecule has 0 amide bonds. The van der Waals surface area contributed by atoms with Crippen molar-refractivity contribution in [1.29, 1.82) is 0 Å². The van der Waals surface area contributed by atoms with Crippen molar-refractivity contribution in [3.05, 3.63) is 34.0 Å². The van der Waals surface area contributed by atoms with Crippen LogP contribution in [0.15, 0.2) is 34.0 Å². The Morgan fingerprint density at radius 2 is 2.17 bits per heavy atom. The normalized spacial score (nSPS) is 22.4. The molecule has 0 fully saturated rings. The fourth-order valence-electron chi connectivity index (χ4n) is 1.57. The third kappa shape index (κ3) is 1.02. The van der Waals surface area contributed by atoms with E-state index in [0.717, 1.165) is 5.75 Å². The first kappa shape index (κ1) is 7.99. The highest BCUT2D eigenvalue weighted by molar-refractivity contribution is 8.03. The molecule has 0 unspecified atom stereocenters. The average molecular weight is 179 g/mol. The fraction of sp³-hybridized carbons (Fsp3) is 0.400. The Morgan fingerprint density at radius 3 is 2.92 bits per heavy atom. The molecule has 0 saturated carbocycles. The molecule has 2 rings (SSSR count). The molecule has 64 valence electrons. The zero-order valence-electron chi connectivity index (χ0n) is 7.72. The highest BCUT2D eigenvalue weighted by Gasteiger charge is 2.20. The quantitative estimate of drug-likeness (QED) is 0.562. The molecule has 2 heterocycles. The number of thioether (sulfide) groups is 1. The van der Waals surface area contributed by atoms with Crippen molar-refractivity contribution in [2.75, 3.05) is 12.8 Å². The number of hydrogen-bond donors (Lipinski definition) is 0. The summed E-state index contributed by atoms with van der Waals surface area (Å²) < 4.78 is 0. The van der Waals surface area contributed by atoms with Gasteiger partial charge in [0.25, 0.3) is 0 Å². The fourth-order valence-corrected chi connectivity index (χ4v) is 2.65. The summed E-state index contributed by atoms with van der Waals surface area (Å²) in [6.07, 6.45) is 4.57. The number of nitrogens with zero attached hydrogens (tertiary/aromatic N) is 1. The van der Waals surface area contributed by atoms with Gasteiger partial charge in [0, 0.05) is 29.1 Å². The van der Waals surface area contributed by atoms with Gasteiger partial charge in [0.2, 0.25) is 0 Å². The molecule has 0 atom stereocenters. The number of allylic oxidation sites excluding steroid dienone is 4. The van der Waals surface area contributed by atoms with Crippen molar-refractivity contribution in [3.8, 4) is 0 Å². The minimum Gasteiger partial charge on any atom is -0.351 e. The molecule has 2 aliphatic heterocycles. The first-order valence-corrected chi connectivity index (χ1v) is 5.15. The van der Waals surface area contributed by atoms with Gasteiger partial charge in [0.15, 0.2) is 0 Å². The molecular formula is C10H13NS. The first-order valence-electron chi connectivity index (χ1n) is 4.16. The van der Waals surface area contributed by atoms with E-state index < -0.39 is 0 Å². The highest BCUT2D eigenvalue weighted by Crippen LogP contribution is 2.39. The Balaban J connectivity index is 2.48. The summed E-state index contributed by atoms with van der Waals surface area (Å²) in [7, 11) is 2.13. The Hall–Kier alpha value is -0.630. The van der Waals surface area contributed by atoms with Crippen LogP contribution in [0.4, 0.5) is 0 Å². The summed E-state index contributed by atoms with van der Waals surface area (Å²) in [5.74, 6) is 1.14. The largest absolute Gasteiger partial charge is 0.351 e. The lowest BCUT2D eigenvalue weighted by Crippen LogP contribution is -2.18. The smallest absolute Gasteiger partial charge is 0.0337 e. The molecule has 0 bridgehead atoms. The van der Waals surface area contributed by atoms with Crippen LogP contribution in [0.5, 0.6) is 0 Å². The van der Waals surface area contributed by atoms with Crippen LogP contribution in [0.1, 0.15) is 13.8 Å². The van der Waals surface area contributed by atoms with Gasteiger partial charge in [-0.1, -0.05) is 6.08 Å². The van der Waals surface area contributed by atoms with E-state index in [0.29, 0.717) is 0 Å². The monoisotopic (exact) mass is 179 g/mol. The summed E-state index contributed by atoms with van der Waals surface area (Å²) in [5.41, 5.74) is 4.15. The zero-order chi connectivity index (χ0) is 8.72. The predicted molar refractivity (Wildman–Crippen MR) is 54.8 cm³/mol. The van der Waals surface area contributed by atoms with Gasteiger partial charge in [-0.2, -0.15) is 0 Å². The Bertz CT molecular complexity index is 310. The summed E-state index contributed by atoms with van der Waals surface area (Å²) in [4.78, 5) is 3.72. The van der Waals surface area contributed by atoms with E-state index in [1.165, 1.54) is 21.9 Å². The Labute approximate surface area is 77.8 Å². The molecule has 0 N–H and O–H groups in total. The van der Waals surface area contributed by atoms with Crippen LogP contribution >= 0.6 is 11.8 Å². The van der Waals surface area contributed by atoms with Crippen molar-refractivity contribution in [3.63, 3.8) is 0 Å². The molecule has 0 spiro atoms. The predicted octanol–water partition coefficient (Wildman–Crippen LogP) is 2.74. The zero-order valence-corrected chi connectivity index (χ0v) is 8.53. The van der Waals surface area contributed by atoms with Gasteiger partial charge < -0.3 is 4.90 Å². The number of hydrogen-bond acceptors (Lipinski definition) is 2. The van der Waals surface area contributed by atoms with E-state index in [1.807, 2.05) is 11.8 Å². The van der Waals surface area contributed by atoms with Crippen LogP contribution in [-0.4, -0.2) is 17.7 Å². The highest BCUT2D eigenvalue weighted by atomic mass is 32.2. The third-order valence-corrected chi connectivity index (χ3v) is 3.67. The molecule has 2 heteroatoms. The molecule has 0 aliphatic carbocycles. The number of rotatable bonds is 0. The first-order chi connectivity index (χ1) is 5.70. The molecule has 12 heavy (non-hydrogen) atoms. The van der Waals surface area contributed by atoms with E-state index in [1.54, 1.807) is 0 Å². The topological polar surface area (TPSA) is 3.24 Å². The molecule has 0 aromatic heterocycles. The van der Waals surface area contributed by atoms with Crippen molar-refractivity contribution in [1.82, 2.24) is 4.90 Å². The van der Waals surface area contributed by atoms with E-state index >= 15 is 0 Å². The van der Waals surface area contributed by atoms with Crippen LogP contribution in [0, 0.1) is 0 Å². The van der Waals surface area contributed by atoms with Crippen LogP contribution in [0.2, 0.25) is 0 Å². The van der Waals surface area contributed by atoms with Crippen LogP contribution in [0.3, 0.4) is 0 Å². The van der Waals surface area contributed by atoms with Gasteiger partial charge in [-0.15, -0.1) is 11.8 Å². The Kier molecular flexibility index (Phi) is 1.80. The summed E-state index contributed by atoms with van der Waals surface area (Å²) in [5, 5.41) is 0. The summed E-state index contributed by atoms with van der Waals surface area (Å²) >= 11 is 1.94. The minimum atomic E-state index is 1.14. The molecule has 1 nitrogen and oxygen atoms in total. The summed E-state index contributed by atoms with van der Waals surface area (Å²) in [6, 6.07) is 0. The second-order valence-corrected chi connectivity index (χ2v) is 4.26. The molecule has 0 aromatic rings. The lowest BCUT2D eigenvalue weighted by atomic mass is 10.1. The van der Waals surface area contributed by atoms with Gasteiger partial charge in [-0.05, 0) is 25.5 Å². The maximum atomic E-state index is 2.31. The van der Waals surface area contributed by atoms with E-state index in [2.05, 4.69) is 37.9 Å². The maximum absolute atomic E-state index is 2.31. The van der Waals surface area contributed by atoms with Crippen LogP contribution < -0.4 is 0 Å². The lowest BCUT2D eigenvalue weighted by molar-refractivity contribution is 0.514. The lowest BCUT2D eigenvalue weighted by Gasteiger charge is -2.27. The number of fused-ring (bicyclic) bond motifs is 1. The van der Waals surface area contributed by atoms with E-state index in [4.69, 9.17) is 0 Å². The van der Waals surface area contributed by atoms with Crippen molar-refractivity contribution in [2.45, 2.75) is 13.8 Å². The van der Waals surface area contributed by atoms with Gasteiger partial charge in [-0.25, -0.2) is 0 Å². The standard InChI is InChI=1S/C10H13NS/c1-7-6-9-4-5-12-10(9)8(2)11(7)3/h4,6H,5H2,1-3H3. The van der Waals surface area contributed by atoms with Gasteiger partial charge >= 0.3 is 0 Å². The van der Waals surface area contributed by atoms with Gasteiger partial charge in [0.1, 0.15) is 0 Å². The Morgan fingerprint density at radius 1 is 1.42 bits per heavy atom. The maximum Gasteiger partial charge on any atom is 0.0337 e. The van der Waals surface area contributed by atoms with Crippen molar-refractivity contribution < 1.29 is 0 Å². The van der Waals surface area contributed by atoms with Crippen molar-refractivity contribution >= 4 is 11.8 Å². The minimum absolute atomic E-state index is 1.14. The van der Waals surface area contributed by atoms with Gasteiger partial charge in [0.05, 0.1) is 0 Å². The second kappa shape index (κ2) is 2.70. The molecule has 0 aromatic carbocycles. The summed E-state index contributed by atoms with van der Waals surface area (Å²) in [6.45, 7) is 4.35. The van der Waals surface area contributed by atoms with E-state index in [-0.39, 0.29) is 0 Å². The third-order valence-electron chi connectivity index (χ3n) is 2.52. The van der Waals surface area contributed by atoms with Crippen molar-refractivity contribution in [2.24, 2.45) is 0 Å². The molecule has 0 radical (unpaired) electrons. The van der Waals surface area contributed by atoms with Crippen LogP contribution in [0.25, 0.3) is 0 Å². The van der Waals surface area contributed by atoms with Crippen LogP contribution in [-0.2, 0) is 0 Å². The van der Waals surface area contributed by atoms with Gasteiger partial charge in [-0.3, -0.25) is 0 Å². The molecule has 2 aliphatic rings. The second-order valence-electron chi connectivity index (χ2n) is 3.23.